The molecule has 1 amide bonds. The maximum Gasteiger partial charge on any atom is 0.307 e. The van der Waals surface area contributed by atoms with Gasteiger partial charge in [-0.15, -0.1) is 0 Å². The van der Waals surface area contributed by atoms with Gasteiger partial charge in [0.1, 0.15) is 5.75 Å². The number of carboxylic acid groups (broad SMARTS) is 1. The van der Waals surface area contributed by atoms with Gasteiger partial charge in [-0.05, 0) is 54.3 Å². The third-order valence-electron chi connectivity index (χ3n) is 5.49. The van der Waals surface area contributed by atoms with Crippen molar-refractivity contribution in [1.82, 2.24) is 15.0 Å². The van der Waals surface area contributed by atoms with Crippen molar-refractivity contribution < 1.29 is 19.4 Å². The first-order chi connectivity index (χ1) is 16.4. The van der Waals surface area contributed by atoms with Crippen LogP contribution in [-0.2, 0) is 11.2 Å². The number of carbonyl (C=O) groups is 2. The summed E-state index contributed by atoms with van der Waals surface area (Å²) >= 11 is 7.48. The number of hydrogen-bond acceptors (Lipinski definition) is 7. The molecule has 4 aromatic rings. The van der Waals surface area contributed by atoms with Crippen molar-refractivity contribution in [2.45, 2.75) is 25.2 Å². The standard InChI is InChI=1S/C24H19ClN4O4S/c1-33-19-7-5-14(25)10-17(19)16-8-12(9-20(30)31)2-6-15(16)22(32)29-24-28-21-23(34-24)27-18(11-26-21)13-3-4-13/h2,5-8,10-11,13H,3-4,9H2,1H3,(H,30,31)(H,26,28,29,32). The highest BCUT2D eigenvalue weighted by atomic mass is 35.5. The monoisotopic (exact) mass is 494 g/mol. The first kappa shape index (κ1) is 22.2. The lowest BCUT2D eigenvalue weighted by Gasteiger charge is -2.14. The van der Waals surface area contributed by atoms with Crippen molar-refractivity contribution in [3.8, 4) is 16.9 Å². The molecule has 1 aliphatic rings. The van der Waals surface area contributed by atoms with Crippen molar-refractivity contribution in [1.29, 1.82) is 0 Å². The molecule has 0 aliphatic heterocycles. The number of aromatic nitrogens is 3. The summed E-state index contributed by atoms with van der Waals surface area (Å²) in [6.07, 6.45) is 3.80. The fraction of sp³-hybridized carbons (Fsp3) is 0.208. The van der Waals surface area contributed by atoms with Crippen molar-refractivity contribution in [2.75, 3.05) is 12.4 Å². The van der Waals surface area contributed by atoms with Crippen LogP contribution >= 0.6 is 22.9 Å². The number of fused-ring (bicyclic) bond motifs is 1. The number of thiazole rings is 1. The van der Waals surface area contributed by atoms with E-state index in [4.69, 9.17) is 16.3 Å². The second kappa shape index (κ2) is 9.00. The van der Waals surface area contributed by atoms with Crippen LogP contribution in [-0.4, -0.2) is 39.0 Å². The molecule has 2 heterocycles. The van der Waals surface area contributed by atoms with Crippen LogP contribution < -0.4 is 10.1 Å². The maximum atomic E-state index is 13.3. The molecule has 2 aromatic heterocycles. The van der Waals surface area contributed by atoms with Crippen molar-refractivity contribution in [2.24, 2.45) is 0 Å². The number of carboxylic acids is 1. The largest absolute Gasteiger partial charge is 0.496 e. The fourth-order valence-electron chi connectivity index (χ4n) is 3.72. The van der Waals surface area contributed by atoms with Gasteiger partial charge in [0.15, 0.2) is 15.6 Å². The van der Waals surface area contributed by atoms with Crippen LogP contribution in [0.2, 0.25) is 5.02 Å². The van der Waals surface area contributed by atoms with E-state index in [-0.39, 0.29) is 6.42 Å². The van der Waals surface area contributed by atoms with Gasteiger partial charge >= 0.3 is 5.97 Å². The Balaban J connectivity index is 1.52. The SMILES string of the molecule is COc1ccc(Cl)cc1-c1cc(CC(=O)O)ccc1C(=O)Nc1nc2ncc(C3CC3)nc2s1. The molecule has 0 radical (unpaired) electrons. The fourth-order valence-corrected chi connectivity index (χ4v) is 4.69. The third kappa shape index (κ3) is 4.57. The third-order valence-corrected chi connectivity index (χ3v) is 6.58. The molecule has 0 saturated heterocycles. The summed E-state index contributed by atoms with van der Waals surface area (Å²) in [4.78, 5) is 38.7. The molecule has 0 bridgehead atoms. The Kier molecular flexibility index (Phi) is 5.89. The molecule has 34 heavy (non-hydrogen) atoms. The normalized spacial score (nSPS) is 13.1. The molecule has 10 heteroatoms. The van der Waals surface area contributed by atoms with Gasteiger partial charge in [0.25, 0.3) is 5.91 Å². The zero-order valence-electron chi connectivity index (χ0n) is 18.0. The quantitative estimate of drug-likeness (QED) is 0.364. The van der Waals surface area contributed by atoms with E-state index in [0.29, 0.717) is 54.6 Å². The summed E-state index contributed by atoms with van der Waals surface area (Å²) in [5, 5.41) is 12.9. The molecular weight excluding hydrogens is 476 g/mol. The minimum absolute atomic E-state index is 0.184. The number of anilines is 1. The lowest BCUT2D eigenvalue weighted by molar-refractivity contribution is -0.136. The van der Waals surface area contributed by atoms with Gasteiger partial charge in [-0.2, -0.15) is 4.98 Å². The van der Waals surface area contributed by atoms with Crippen molar-refractivity contribution >= 4 is 50.4 Å². The molecule has 0 unspecified atom stereocenters. The second-order valence-corrected chi connectivity index (χ2v) is 9.38. The van der Waals surface area contributed by atoms with Crippen LogP contribution in [0, 0.1) is 0 Å². The maximum absolute atomic E-state index is 13.3. The van der Waals surface area contributed by atoms with Crippen LogP contribution in [0.3, 0.4) is 0 Å². The Morgan fingerprint density at radius 2 is 2.00 bits per heavy atom. The summed E-state index contributed by atoms with van der Waals surface area (Å²) in [5.74, 6) is -0.398. The average molecular weight is 495 g/mol. The molecular formula is C24H19ClN4O4S. The van der Waals surface area contributed by atoms with Gasteiger partial charge in [-0.1, -0.05) is 29.0 Å². The molecule has 172 valence electrons. The summed E-state index contributed by atoms with van der Waals surface area (Å²) < 4.78 is 5.47. The molecule has 1 saturated carbocycles. The van der Waals surface area contributed by atoms with E-state index in [9.17, 15) is 14.7 Å². The van der Waals surface area contributed by atoms with Crippen LogP contribution in [0.5, 0.6) is 5.75 Å². The molecule has 2 N–H and O–H groups in total. The zero-order valence-corrected chi connectivity index (χ0v) is 19.6. The topological polar surface area (TPSA) is 114 Å². The number of methoxy groups -OCH3 is 1. The van der Waals surface area contributed by atoms with E-state index in [1.54, 1.807) is 42.6 Å². The van der Waals surface area contributed by atoms with Crippen LogP contribution in [0.1, 0.15) is 40.4 Å². The highest BCUT2D eigenvalue weighted by Gasteiger charge is 2.26. The van der Waals surface area contributed by atoms with E-state index in [0.717, 1.165) is 18.5 Å². The van der Waals surface area contributed by atoms with E-state index in [1.165, 1.54) is 18.4 Å². The number of benzene rings is 2. The molecule has 1 aliphatic carbocycles. The molecule has 1 fully saturated rings. The first-order valence-electron chi connectivity index (χ1n) is 10.5. The lowest BCUT2D eigenvalue weighted by Crippen LogP contribution is -2.14. The van der Waals surface area contributed by atoms with E-state index in [1.807, 2.05) is 0 Å². The van der Waals surface area contributed by atoms with Gasteiger partial charge in [0.2, 0.25) is 0 Å². The van der Waals surface area contributed by atoms with Gasteiger partial charge in [-0.25, -0.2) is 9.97 Å². The lowest BCUT2D eigenvalue weighted by atomic mass is 9.95. The molecule has 0 atom stereocenters. The zero-order chi connectivity index (χ0) is 23.8. The molecule has 5 rings (SSSR count). The van der Waals surface area contributed by atoms with Gasteiger partial charge in [0.05, 0.1) is 25.4 Å². The minimum Gasteiger partial charge on any atom is -0.496 e. The average Bonchev–Trinajstić information content (AvgIpc) is 3.58. The smallest absolute Gasteiger partial charge is 0.307 e. The summed E-state index contributed by atoms with van der Waals surface area (Å²) in [6.45, 7) is 0. The number of rotatable bonds is 7. The molecule has 2 aromatic carbocycles. The summed E-state index contributed by atoms with van der Waals surface area (Å²) in [6, 6.07) is 9.95. The number of hydrogen-bond donors (Lipinski definition) is 2. The van der Waals surface area contributed by atoms with Crippen molar-refractivity contribution in [3.05, 3.63) is 64.4 Å². The van der Waals surface area contributed by atoms with Crippen LogP contribution in [0.4, 0.5) is 5.13 Å². The molecule has 8 nitrogen and oxygen atoms in total. The first-order valence-corrected chi connectivity index (χ1v) is 11.7. The Bertz CT molecular complexity index is 1430. The predicted octanol–water partition coefficient (Wildman–Crippen LogP) is 5.17. The number of amides is 1. The van der Waals surface area contributed by atoms with Crippen LogP contribution in [0.25, 0.3) is 21.6 Å². The van der Waals surface area contributed by atoms with Crippen LogP contribution in [0.15, 0.2) is 42.6 Å². The second-order valence-electron chi connectivity index (χ2n) is 7.97. The number of carbonyl (C=O) groups excluding carboxylic acids is 1. The van der Waals surface area contributed by atoms with E-state index in [2.05, 4.69) is 20.3 Å². The molecule has 0 spiro atoms. The number of nitrogens with zero attached hydrogens (tertiary/aromatic N) is 3. The van der Waals surface area contributed by atoms with Gasteiger partial charge < -0.3 is 9.84 Å². The highest BCUT2D eigenvalue weighted by Crippen LogP contribution is 2.40. The van der Waals surface area contributed by atoms with Crippen molar-refractivity contribution in [3.63, 3.8) is 0 Å². The Morgan fingerprint density at radius 1 is 1.18 bits per heavy atom. The number of halogens is 1. The predicted molar refractivity (Wildman–Crippen MR) is 130 cm³/mol. The number of aliphatic carboxylic acids is 1. The number of ether oxygens (including phenoxy) is 1. The summed E-state index contributed by atoms with van der Waals surface area (Å²) in [5.41, 5.74) is 3.39. The Hall–Kier alpha value is -3.56. The minimum atomic E-state index is -0.971. The summed E-state index contributed by atoms with van der Waals surface area (Å²) in [7, 11) is 1.52. The Labute approximate surface area is 203 Å². The highest BCUT2D eigenvalue weighted by molar-refractivity contribution is 7.21. The van der Waals surface area contributed by atoms with Gasteiger partial charge in [0, 0.05) is 22.1 Å². The van der Waals surface area contributed by atoms with E-state index < -0.39 is 11.9 Å². The van der Waals surface area contributed by atoms with E-state index >= 15 is 0 Å². The van der Waals surface area contributed by atoms with Gasteiger partial charge in [-0.3, -0.25) is 14.9 Å². The number of nitrogens with one attached hydrogen (secondary N) is 1. The Morgan fingerprint density at radius 3 is 2.74 bits per heavy atom.